The lowest BCUT2D eigenvalue weighted by atomic mass is 9.96. The van der Waals surface area contributed by atoms with Crippen molar-refractivity contribution in [1.82, 2.24) is 4.90 Å². The number of methoxy groups -OCH3 is 1. The Labute approximate surface area is 126 Å². The van der Waals surface area contributed by atoms with Crippen LogP contribution in [0.5, 0.6) is 5.75 Å². The molecule has 0 atom stereocenters. The zero-order valence-corrected chi connectivity index (χ0v) is 13.1. The molecule has 0 aliphatic carbocycles. The summed E-state index contributed by atoms with van der Waals surface area (Å²) < 4.78 is 5.41. The van der Waals surface area contributed by atoms with E-state index < -0.39 is 5.97 Å². The molecule has 0 amide bonds. The summed E-state index contributed by atoms with van der Waals surface area (Å²) >= 11 is 0. The molecule has 4 nitrogen and oxygen atoms in total. The molecule has 1 fully saturated rings. The highest BCUT2D eigenvalue weighted by atomic mass is 16.5. The van der Waals surface area contributed by atoms with E-state index in [4.69, 9.17) is 9.84 Å². The van der Waals surface area contributed by atoms with Crippen LogP contribution in [0.4, 0.5) is 0 Å². The quantitative estimate of drug-likeness (QED) is 0.905. The lowest BCUT2D eigenvalue weighted by Crippen LogP contribution is -2.35. The molecular formula is C17H25NO3. The van der Waals surface area contributed by atoms with E-state index in [1.165, 1.54) is 11.1 Å². The maximum Gasteiger partial charge on any atom is 0.306 e. The van der Waals surface area contributed by atoms with Gasteiger partial charge in [-0.1, -0.05) is 26.0 Å². The predicted molar refractivity (Wildman–Crippen MR) is 82.7 cm³/mol. The van der Waals surface area contributed by atoms with Gasteiger partial charge in [-0.2, -0.15) is 0 Å². The van der Waals surface area contributed by atoms with Crippen LogP contribution in [0.15, 0.2) is 18.2 Å². The summed E-state index contributed by atoms with van der Waals surface area (Å²) in [6.45, 7) is 6.94. The van der Waals surface area contributed by atoms with Gasteiger partial charge in [-0.3, -0.25) is 9.69 Å². The number of rotatable bonds is 5. The molecule has 0 aromatic heterocycles. The van der Waals surface area contributed by atoms with Crippen LogP contribution < -0.4 is 4.74 Å². The van der Waals surface area contributed by atoms with Gasteiger partial charge in [0.05, 0.1) is 13.0 Å². The van der Waals surface area contributed by atoms with Crippen molar-refractivity contribution < 1.29 is 14.6 Å². The van der Waals surface area contributed by atoms with Crippen LogP contribution in [0, 0.1) is 5.92 Å². The molecule has 2 rings (SSSR count). The summed E-state index contributed by atoms with van der Waals surface area (Å²) in [4.78, 5) is 13.3. The number of aliphatic carboxylic acids is 1. The third kappa shape index (κ3) is 3.97. The molecule has 0 bridgehead atoms. The Morgan fingerprint density at radius 1 is 1.38 bits per heavy atom. The van der Waals surface area contributed by atoms with E-state index in [1.54, 1.807) is 7.11 Å². The predicted octanol–water partition coefficient (Wildman–Crippen LogP) is 3.12. The zero-order chi connectivity index (χ0) is 15.4. The second kappa shape index (κ2) is 6.94. The molecule has 21 heavy (non-hydrogen) atoms. The maximum absolute atomic E-state index is 11.0. The minimum absolute atomic E-state index is 0.164. The van der Waals surface area contributed by atoms with Crippen LogP contribution in [0.25, 0.3) is 0 Å². The maximum atomic E-state index is 11.0. The minimum Gasteiger partial charge on any atom is -0.496 e. The lowest BCUT2D eigenvalue weighted by molar-refractivity contribution is -0.143. The molecule has 0 radical (unpaired) electrons. The van der Waals surface area contributed by atoms with E-state index in [-0.39, 0.29) is 5.92 Å². The average molecular weight is 291 g/mol. The van der Waals surface area contributed by atoms with Crippen LogP contribution in [0.1, 0.15) is 43.7 Å². The van der Waals surface area contributed by atoms with Gasteiger partial charge >= 0.3 is 5.97 Å². The molecule has 1 saturated heterocycles. The van der Waals surface area contributed by atoms with Gasteiger partial charge in [0, 0.05) is 6.54 Å². The normalized spacial score (nSPS) is 17.1. The molecule has 1 aromatic rings. The number of piperidine rings is 1. The van der Waals surface area contributed by atoms with Gasteiger partial charge in [-0.15, -0.1) is 0 Å². The highest BCUT2D eigenvalue weighted by Gasteiger charge is 2.24. The van der Waals surface area contributed by atoms with Gasteiger partial charge in [0.15, 0.2) is 0 Å². The van der Waals surface area contributed by atoms with Gasteiger partial charge < -0.3 is 9.84 Å². The summed E-state index contributed by atoms with van der Waals surface area (Å²) in [5.41, 5.74) is 2.50. The number of benzene rings is 1. The molecule has 0 unspecified atom stereocenters. The first-order chi connectivity index (χ1) is 10.0. The van der Waals surface area contributed by atoms with Gasteiger partial charge in [-0.25, -0.2) is 0 Å². The van der Waals surface area contributed by atoms with Crippen LogP contribution in [0.3, 0.4) is 0 Å². The Morgan fingerprint density at radius 3 is 2.57 bits per heavy atom. The summed E-state index contributed by atoms with van der Waals surface area (Å²) in [5, 5.41) is 9.04. The van der Waals surface area contributed by atoms with Gasteiger partial charge in [0.25, 0.3) is 0 Å². The Balaban J connectivity index is 2.01. The Morgan fingerprint density at radius 2 is 2.05 bits per heavy atom. The number of hydrogen-bond donors (Lipinski definition) is 1. The molecule has 0 spiro atoms. The van der Waals surface area contributed by atoms with Crippen molar-refractivity contribution in [2.24, 2.45) is 5.92 Å². The lowest BCUT2D eigenvalue weighted by Gasteiger charge is -2.30. The highest BCUT2D eigenvalue weighted by Crippen LogP contribution is 2.28. The number of hydrogen-bond acceptors (Lipinski definition) is 3. The fraction of sp³-hybridized carbons (Fsp3) is 0.588. The first kappa shape index (κ1) is 15.8. The third-order valence-corrected chi connectivity index (χ3v) is 4.26. The van der Waals surface area contributed by atoms with Crippen molar-refractivity contribution >= 4 is 5.97 Å². The second-order valence-corrected chi connectivity index (χ2v) is 6.12. The summed E-state index contributed by atoms with van der Waals surface area (Å²) in [6.07, 6.45) is 1.51. The molecule has 1 aliphatic heterocycles. The molecule has 1 aromatic carbocycles. The average Bonchev–Trinajstić information content (AvgIpc) is 2.47. The molecule has 1 N–H and O–H groups in total. The molecule has 4 heteroatoms. The van der Waals surface area contributed by atoms with Crippen LogP contribution in [0.2, 0.25) is 0 Å². The van der Waals surface area contributed by atoms with E-state index in [9.17, 15) is 4.79 Å². The summed E-state index contributed by atoms with van der Waals surface area (Å²) in [7, 11) is 1.71. The fourth-order valence-corrected chi connectivity index (χ4v) is 2.93. The number of carboxylic acid groups (broad SMARTS) is 1. The van der Waals surface area contributed by atoms with E-state index in [0.717, 1.165) is 38.2 Å². The van der Waals surface area contributed by atoms with Crippen LogP contribution >= 0.6 is 0 Å². The standard InChI is InChI=1S/C17H25NO3/c1-12(2)15-10-13(4-5-16(15)21-3)11-18-8-6-14(7-9-18)17(19)20/h4-5,10,12,14H,6-9,11H2,1-3H3,(H,19,20). The van der Waals surface area contributed by atoms with E-state index in [2.05, 4.69) is 30.9 Å². The second-order valence-electron chi connectivity index (χ2n) is 6.12. The summed E-state index contributed by atoms with van der Waals surface area (Å²) in [6, 6.07) is 6.36. The number of carboxylic acids is 1. The fourth-order valence-electron chi connectivity index (χ4n) is 2.93. The first-order valence-corrected chi connectivity index (χ1v) is 7.63. The largest absolute Gasteiger partial charge is 0.496 e. The zero-order valence-electron chi connectivity index (χ0n) is 13.1. The summed E-state index contributed by atoms with van der Waals surface area (Å²) in [5.74, 6) is 0.556. The van der Waals surface area contributed by atoms with Crippen LogP contribution in [-0.2, 0) is 11.3 Å². The Hall–Kier alpha value is -1.55. The van der Waals surface area contributed by atoms with Gasteiger partial charge in [0.1, 0.15) is 5.75 Å². The first-order valence-electron chi connectivity index (χ1n) is 7.63. The van der Waals surface area contributed by atoms with Crippen molar-refractivity contribution in [2.75, 3.05) is 20.2 Å². The highest BCUT2D eigenvalue weighted by molar-refractivity contribution is 5.70. The SMILES string of the molecule is COc1ccc(CN2CCC(C(=O)O)CC2)cc1C(C)C. The van der Waals surface area contributed by atoms with E-state index >= 15 is 0 Å². The Kier molecular flexibility index (Phi) is 5.23. The molecular weight excluding hydrogens is 266 g/mol. The van der Waals surface area contributed by atoms with Crippen molar-refractivity contribution in [3.05, 3.63) is 29.3 Å². The number of ether oxygens (including phenoxy) is 1. The van der Waals surface area contributed by atoms with Gasteiger partial charge in [-0.05, 0) is 49.0 Å². The van der Waals surface area contributed by atoms with Crippen molar-refractivity contribution in [1.29, 1.82) is 0 Å². The van der Waals surface area contributed by atoms with Crippen molar-refractivity contribution in [2.45, 2.75) is 39.2 Å². The molecule has 0 saturated carbocycles. The molecule has 1 aliphatic rings. The smallest absolute Gasteiger partial charge is 0.306 e. The molecule has 116 valence electrons. The number of nitrogens with zero attached hydrogens (tertiary/aromatic N) is 1. The van der Waals surface area contributed by atoms with Crippen LogP contribution in [-0.4, -0.2) is 36.2 Å². The van der Waals surface area contributed by atoms with Crippen molar-refractivity contribution in [3.63, 3.8) is 0 Å². The van der Waals surface area contributed by atoms with Gasteiger partial charge in [0.2, 0.25) is 0 Å². The topological polar surface area (TPSA) is 49.8 Å². The van der Waals surface area contributed by atoms with E-state index in [1.807, 2.05) is 6.07 Å². The third-order valence-electron chi connectivity index (χ3n) is 4.26. The van der Waals surface area contributed by atoms with E-state index in [0.29, 0.717) is 5.92 Å². The number of likely N-dealkylation sites (tertiary alicyclic amines) is 1. The minimum atomic E-state index is -0.652. The Bertz CT molecular complexity index is 491. The van der Waals surface area contributed by atoms with Crippen molar-refractivity contribution in [3.8, 4) is 5.75 Å². The number of carbonyl (C=O) groups is 1. The monoisotopic (exact) mass is 291 g/mol. The molecule has 1 heterocycles.